The minimum atomic E-state index is -0.752. The molecule has 27 heavy (non-hydrogen) atoms. The van der Waals surface area contributed by atoms with E-state index in [4.69, 9.17) is 10.5 Å². The van der Waals surface area contributed by atoms with Gasteiger partial charge in [0.1, 0.15) is 23.6 Å². The highest BCUT2D eigenvalue weighted by molar-refractivity contribution is 5.78. The van der Waals surface area contributed by atoms with Crippen molar-refractivity contribution in [2.45, 2.75) is 6.92 Å². The van der Waals surface area contributed by atoms with Crippen molar-refractivity contribution < 1.29 is 18.3 Å². The molecule has 3 N–H and O–H groups in total. The predicted molar refractivity (Wildman–Crippen MR) is 96.9 cm³/mol. The summed E-state index contributed by atoms with van der Waals surface area (Å²) in [5.74, 6) is -0.719. The van der Waals surface area contributed by atoms with E-state index in [0.29, 0.717) is 38.6 Å². The Labute approximate surface area is 154 Å². The van der Waals surface area contributed by atoms with E-state index in [1.165, 1.54) is 12.4 Å². The molecule has 0 bridgehead atoms. The lowest BCUT2D eigenvalue weighted by Gasteiger charge is -2.35. The molecule has 2 heterocycles. The monoisotopic (exact) mass is 378 g/mol. The van der Waals surface area contributed by atoms with Crippen molar-refractivity contribution in [1.29, 1.82) is 0 Å². The molecule has 1 aliphatic heterocycles. The summed E-state index contributed by atoms with van der Waals surface area (Å²) in [7, 11) is 0. The van der Waals surface area contributed by atoms with Gasteiger partial charge in [-0.3, -0.25) is 0 Å². The largest absolute Gasteiger partial charge is 0.450 e. The van der Waals surface area contributed by atoms with E-state index >= 15 is 0 Å². The number of carbonyl (C=O) groups is 1. The van der Waals surface area contributed by atoms with Crippen molar-refractivity contribution >= 4 is 29.1 Å². The molecule has 0 radical (unpaired) electrons. The summed E-state index contributed by atoms with van der Waals surface area (Å²) in [5, 5.41) is 2.76. The summed E-state index contributed by atoms with van der Waals surface area (Å²) in [6.45, 7) is 4.06. The quantitative estimate of drug-likeness (QED) is 0.843. The summed E-state index contributed by atoms with van der Waals surface area (Å²) in [4.78, 5) is 23.6. The van der Waals surface area contributed by atoms with E-state index in [1.807, 2.05) is 4.90 Å². The molecule has 1 saturated heterocycles. The molecule has 1 fully saturated rings. The maximum absolute atomic E-state index is 13.9. The molecule has 3 rings (SSSR count). The van der Waals surface area contributed by atoms with Crippen molar-refractivity contribution in [2.75, 3.05) is 48.7 Å². The standard InChI is InChI=1S/C17H20F2N6O2/c1-2-27-17(26)25-7-5-24(6-8-25)16-14(20)15(21-10-22-16)23-13-4-3-11(18)9-12(13)19/h3-4,9-10H,2,5-8,20H2,1H3,(H,21,22,23). The van der Waals surface area contributed by atoms with Crippen molar-refractivity contribution in [3.63, 3.8) is 0 Å². The molecule has 8 nitrogen and oxygen atoms in total. The Kier molecular flexibility index (Phi) is 5.53. The van der Waals surface area contributed by atoms with Crippen molar-refractivity contribution in [3.05, 3.63) is 36.2 Å². The topological polar surface area (TPSA) is 96.6 Å². The molecule has 0 spiro atoms. The van der Waals surface area contributed by atoms with Gasteiger partial charge < -0.3 is 25.6 Å². The number of hydrogen-bond acceptors (Lipinski definition) is 7. The highest BCUT2D eigenvalue weighted by atomic mass is 19.1. The smallest absolute Gasteiger partial charge is 0.409 e. The Morgan fingerprint density at radius 1 is 1.26 bits per heavy atom. The second-order valence-corrected chi connectivity index (χ2v) is 5.88. The number of ether oxygens (including phenoxy) is 1. The third-order valence-electron chi connectivity index (χ3n) is 4.15. The van der Waals surface area contributed by atoms with Crippen LogP contribution in [0.1, 0.15) is 6.92 Å². The van der Waals surface area contributed by atoms with Crippen LogP contribution in [-0.2, 0) is 4.74 Å². The van der Waals surface area contributed by atoms with Crippen LogP contribution in [0.2, 0.25) is 0 Å². The molecule has 10 heteroatoms. The maximum atomic E-state index is 13.9. The fourth-order valence-corrected chi connectivity index (χ4v) is 2.77. The van der Waals surface area contributed by atoms with Gasteiger partial charge in [-0.05, 0) is 19.1 Å². The summed E-state index contributed by atoms with van der Waals surface area (Å²) in [6.07, 6.45) is 0.967. The number of benzene rings is 1. The van der Waals surface area contributed by atoms with E-state index in [0.717, 1.165) is 12.1 Å². The molecule has 0 atom stereocenters. The molecule has 0 unspecified atom stereocenters. The first-order chi connectivity index (χ1) is 13.0. The summed E-state index contributed by atoms with van der Waals surface area (Å²) >= 11 is 0. The fraction of sp³-hybridized carbons (Fsp3) is 0.353. The van der Waals surface area contributed by atoms with E-state index < -0.39 is 11.6 Å². The number of rotatable bonds is 4. The first kappa shape index (κ1) is 18.6. The van der Waals surface area contributed by atoms with Gasteiger partial charge in [0.05, 0.1) is 12.3 Å². The van der Waals surface area contributed by atoms with Crippen LogP contribution in [0.15, 0.2) is 24.5 Å². The Morgan fingerprint density at radius 2 is 2.00 bits per heavy atom. The van der Waals surface area contributed by atoms with Gasteiger partial charge in [0.25, 0.3) is 0 Å². The van der Waals surface area contributed by atoms with E-state index in [1.54, 1.807) is 11.8 Å². The Balaban J connectivity index is 1.73. The number of amides is 1. The molecule has 2 aromatic rings. The number of nitrogens with two attached hydrogens (primary N) is 1. The van der Waals surface area contributed by atoms with Crippen molar-refractivity contribution in [3.8, 4) is 0 Å². The molecule has 0 saturated carbocycles. The summed E-state index contributed by atoms with van der Waals surface area (Å²) in [5.41, 5.74) is 6.45. The highest BCUT2D eigenvalue weighted by Gasteiger charge is 2.24. The Hall–Kier alpha value is -3.17. The number of hydrogen-bond donors (Lipinski definition) is 2. The highest BCUT2D eigenvalue weighted by Crippen LogP contribution is 2.30. The Morgan fingerprint density at radius 3 is 2.67 bits per heavy atom. The minimum absolute atomic E-state index is 0.0554. The lowest BCUT2D eigenvalue weighted by molar-refractivity contribution is 0.105. The van der Waals surface area contributed by atoms with Gasteiger partial charge >= 0.3 is 6.09 Å². The zero-order valence-corrected chi connectivity index (χ0v) is 14.8. The second-order valence-electron chi connectivity index (χ2n) is 5.88. The zero-order chi connectivity index (χ0) is 19.4. The number of piperazine rings is 1. The first-order valence-corrected chi connectivity index (χ1v) is 8.48. The maximum Gasteiger partial charge on any atom is 0.409 e. The van der Waals surface area contributed by atoms with Crippen LogP contribution in [0.5, 0.6) is 0 Å². The van der Waals surface area contributed by atoms with Crippen LogP contribution in [0, 0.1) is 11.6 Å². The summed E-state index contributed by atoms with van der Waals surface area (Å²) < 4.78 is 31.9. The number of nitrogens with one attached hydrogen (secondary N) is 1. The van der Waals surface area contributed by atoms with Crippen LogP contribution in [-0.4, -0.2) is 53.7 Å². The van der Waals surface area contributed by atoms with Gasteiger partial charge in [-0.1, -0.05) is 0 Å². The molecule has 1 aromatic heterocycles. The molecule has 1 aromatic carbocycles. The third-order valence-corrected chi connectivity index (χ3v) is 4.15. The predicted octanol–water partition coefficient (Wildman–Crippen LogP) is 2.36. The van der Waals surface area contributed by atoms with Gasteiger partial charge in [0.2, 0.25) is 0 Å². The summed E-state index contributed by atoms with van der Waals surface area (Å²) in [6, 6.07) is 3.18. The van der Waals surface area contributed by atoms with Gasteiger partial charge in [-0.2, -0.15) is 0 Å². The van der Waals surface area contributed by atoms with Gasteiger partial charge in [-0.15, -0.1) is 0 Å². The van der Waals surface area contributed by atoms with Crippen LogP contribution in [0.25, 0.3) is 0 Å². The molecular formula is C17H20F2N6O2. The van der Waals surface area contributed by atoms with Gasteiger partial charge in [-0.25, -0.2) is 23.5 Å². The van der Waals surface area contributed by atoms with Crippen molar-refractivity contribution in [2.24, 2.45) is 0 Å². The second kappa shape index (κ2) is 8.02. The first-order valence-electron chi connectivity index (χ1n) is 8.48. The zero-order valence-electron chi connectivity index (χ0n) is 14.8. The third kappa shape index (κ3) is 4.15. The molecular weight excluding hydrogens is 358 g/mol. The van der Waals surface area contributed by atoms with Gasteiger partial charge in [0, 0.05) is 32.2 Å². The lowest BCUT2D eigenvalue weighted by Crippen LogP contribution is -2.49. The molecule has 1 aliphatic rings. The normalized spacial score (nSPS) is 14.2. The number of aromatic nitrogens is 2. The van der Waals surface area contributed by atoms with E-state index in [-0.39, 0.29) is 23.3 Å². The van der Waals surface area contributed by atoms with Crippen LogP contribution in [0.4, 0.5) is 36.6 Å². The van der Waals surface area contributed by atoms with Crippen molar-refractivity contribution in [1.82, 2.24) is 14.9 Å². The number of nitrogens with zero attached hydrogens (tertiary/aromatic N) is 4. The molecule has 0 aliphatic carbocycles. The minimum Gasteiger partial charge on any atom is -0.450 e. The molecule has 144 valence electrons. The average Bonchev–Trinajstić information content (AvgIpc) is 2.66. The number of halogens is 2. The number of carbonyl (C=O) groups excluding carboxylic acids is 1. The SMILES string of the molecule is CCOC(=O)N1CCN(c2ncnc(Nc3ccc(F)cc3F)c2N)CC1. The van der Waals surface area contributed by atoms with Crippen LogP contribution >= 0.6 is 0 Å². The lowest BCUT2D eigenvalue weighted by atomic mass is 10.2. The van der Waals surface area contributed by atoms with E-state index in [2.05, 4.69) is 15.3 Å². The Bertz CT molecular complexity index is 827. The van der Waals surface area contributed by atoms with Crippen LogP contribution < -0.4 is 16.0 Å². The van der Waals surface area contributed by atoms with Gasteiger partial charge in [0.15, 0.2) is 11.6 Å². The fourth-order valence-electron chi connectivity index (χ4n) is 2.77. The average molecular weight is 378 g/mol. The number of nitrogen functional groups attached to an aromatic ring is 1. The van der Waals surface area contributed by atoms with E-state index in [9.17, 15) is 13.6 Å². The molecule has 1 amide bonds. The number of anilines is 4. The van der Waals surface area contributed by atoms with Crippen LogP contribution in [0.3, 0.4) is 0 Å².